The van der Waals surface area contributed by atoms with Gasteiger partial charge in [-0.3, -0.25) is 0 Å². The maximum Gasteiger partial charge on any atom is 0.0454 e. The van der Waals surface area contributed by atoms with Gasteiger partial charge in [0.05, 0.1) is 0 Å². The minimum atomic E-state index is 0.201. The maximum absolute atomic E-state index is 6.24. The van der Waals surface area contributed by atoms with Crippen molar-refractivity contribution in [3.63, 3.8) is 0 Å². The first-order chi connectivity index (χ1) is 8.19. The molecule has 1 unspecified atom stereocenters. The minimum absolute atomic E-state index is 0.201. The third kappa shape index (κ3) is 4.71. The molecule has 1 aromatic rings. The summed E-state index contributed by atoms with van der Waals surface area (Å²) in [6.07, 6.45) is 1.88. The van der Waals surface area contributed by atoms with Crippen LogP contribution >= 0.6 is 27.5 Å². The normalized spacial score (nSPS) is 11.8. The van der Waals surface area contributed by atoms with Crippen molar-refractivity contribution in [2.45, 2.75) is 32.7 Å². The van der Waals surface area contributed by atoms with Crippen LogP contribution in [0.5, 0.6) is 0 Å². The Hall–Kier alpha value is -0.490. The molecule has 0 aromatic heterocycles. The van der Waals surface area contributed by atoms with Crippen LogP contribution in [0.15, 0.2) is 22.7 Å². The molecule has 17 heavy (non-hydrogen) atoms. The molecule has 0 amide bonds. The smallest absolute Gasteiger partial charge is 0.0454 e. The predicted molar refractivity (Wildman–Crippen MR) is 78.3 cm³/mol. The van der Waals surface area contributed by atoms with Gasteiger partial charge in [-0.2, -0.15) is 0 Å². The first-order valence-corrected chi connectivity index (χ1v) is 6.94. The van der Waals surface area contributed by atoms with Crippen LogP contribution in [-0.4, -0.2) is 6.54 Å². The Morgan fingerprint density at radius 3 is 2.88 bits per heavy atom. The van der Waals surface area contributed by atoms with E-state index in [-0.39, 0.29) is 6.04 Å². The zero-order valence-electron chi connectivity index (χ0n) is 10.2. The third-order valence-electron chi connectivity index (χ3n) is 2.46. The highest BCUT2D eigenvalue weighted by Crippen LogP contribution is 2.28. The molecule has 1 atom stereocenters. The molecule has 1 N–H and O–H groups in total. The fourth-order valence-corrected chi connectivity index (χ4v) is 2.22. The van der Waals surface area contributed by atoms with Gasteiger partial charge in [-0.15, -0.1) is 11.8 Å². The van der Waals surface area contributed by atoms with E-state index in [9.17, 15) is 0 Å². The van der Waals surface area contributed by atoms with E-state index in [0.717, 1.165) is 34.4 Å². The maximum atomic E-state index is 6.24. The summed E-state index contributed by atoms with van der Waals surface area (Å²) in [5.74, 6) is 6.05. The highest BCUT2D eigenvalue weighted by Gasteiger charge is 2.13. The SMILES string of the molecule is CC#CCC(NCCC)c1cc(Br)ccc1Cl. The van der Waals surface area contributed by atoms with E-state index in [1.807, 2.05) is 19.1 Å². The first kappa shape index (κ1) is 14.6. The van der Waals surface area contributed by atoms with Gasteiger partial charge < -0.3 is 5.32 Å². The molecule has 0 aliphatic heterocycles. The molecule has 0 radical (unpaired) electrons. The third-order valence-corrected chi connectivity index (χ3v) is 3.29. The quantitative estimate of drug-likeness (QED) is 0.786. The van der Waals surface area contributed by atoms with Gasteiger partial charge in [-0.1, -0.05) is 34.5 Å². The molecule has 0 saturated carbocycles. The van der Waals surface area contributed by atoms with Crippen molar-refractivity contribution in [1.29, 1.82) is 0 Å². The molecule has 0 fully saturated rings. The molecule has 3 heteroatoms. The Kier molecular flexibility index (Phi) is 6.65. The number of benzene rings is 1. The van der Waals surface area contributed by atoms with Crippen molar-refractivity contribution in [3.8, 4) is 11.8 Å². The standard InChI is InChI=1S/C14H17BrClN/c1-3-5-6-14(17-9-4-2)12-10-11(15)7-8-13(12)16/h7-8,10,14,17H,4,6,9H2,1-2H3. The van der Waals surface area contributed by atoms with Crippen molar-refractivity contribution < 1.29 is 0 Å². The van der Waals surface area contributed by atoms with E-state index in [0.29, 0.717) is 0 Å². The zero-order chi connectivity index (χ0) is 12.7. The molecule has 0 spiro atoms. The van der Waals surface area contributed by atoms with E-state index in [1.54, 1.807) is 0 Å². The van der Waals surface area contributed by atoms with Gasteiger partial charge in [0.2, 0.25) is 0 Å². The van der Waals surface area contributed by atoms with Crippen molar-refractivity contribution >= 4 is 27.5 Å². The van der Waals surface area contributed by atoms with Crippen LogP contribution in [0.1, 0.15) is 38.3 Å². The second kappa shape index (κ2) is 7.76. The number of rotatable bonds is 5. The molecule has 92 valence electrons. The Morgan fingerprint density at radius 2 is 2.24 bits per heavy atom. The lowest BCUT2D eigenvalue weighted by Crippen LogP contribution is -2.22. The highest BCUT2D eigenvalue weighted by molar-refractivity contribution is 9.10. The number of hydrogen-bond donors (Lipinski definition) is 1. The van der Waals surface area contributed by atoms with Crippen molar-refractivity contribution in [1.82, 2.24) is 5.32 Å². The number of nitrogens with one attached hydrogen (secondary N) is 1. The van der Waals surface area contributed by atoms with E-state index in [2.05, 4.69) is 46.1 Å². The molecule has 1 rings (SSSR count). The molecule has 0 aliphatic carbocycles. The van der Waals surface area contributed by atoms with Gasteiger partial charge in [0.15, 0.2) is 0 Å². The fraction of sp³-hybridized carbons (Fsp3) is 0.429. The monoisotopic (exact) mass is 313 g/mol. The lowest BCUT2D eigenvalue weighted by atomic mass is 10.0. The van der Waals surface area contributed by atoms with Crippen molar-refractivity contribution in [2.24, 2.45) is 0 Å². The summed E-state index contributed by atoms with van der Waals surface area (Å²) in [6, 6.07) is 6.13. The number of hydrogen-bond acceptors (Lipinski definition) is 1. The Labute approximate surface area is 117 Å². The van der Waals surface area contributed by atoms with Crippen LogP contribution in [-0.2, 0) is 0 Å². The van der Waals surface area contributed by atoms with E-state index >= 15 is 0 Å². The van der Waals surface area contributed by atoms with Gasteiger partial charge in [-0.25, -0.2) is 0 Å². The van der Waals surface area contributed by atoms with Crippen LogP contribution in [0.4, 0.5) is 0 Å². The van der Waals surface area contributed by atoms with Gasteiger partial charge in [0.1, 0.15) is 0 Å². The molecule has 0 aliphatic rings. The first-order valence-electron chi connectivity index (χ1n) is 5.77. The lowest BCUT2D eigenvalue weighted by Gasteiger charge is -2.18. The van der Waals surface area contributed by atoms with E-state index in [4.69, 9.17) is 11.6 Å². The average Bonchev–Trinajstić information content (AvgIpc) is 2.33. The van der Waals surface area contributed by atoms with Crippen molar-refractivity contribution in [2.75, 3.05) is 6.54 Å². The Bertz CT molecular complexity index is 420. The summed E-state index contributed by atoms with van der Waals surface area (Å²) in [4.78, 5) is 0. The Morgan fingerprint density at radius 1 is 1.47 bits per heavy atom. The van der Waals surface area contributed by atoms with Crippen LogP contribution in [0, 0.1) is 11.8 Å². The summed E-state index contributed by atoms with van der Waals surface area (Å²) in [7, 11) is 0. The van der Waals surface area contributed by atoms with Gasteiger partial charge in [0, 0.05) is 22.0 Å². The van der Waals surface area contributed by atoms with Crippen LogP contribution in [0.25, 0.3) is 0 Å². The average molecular weight is 315 g/mol. The second-order valence-electron chi connectivity index (χ2n) is 3.80. The van der Waals surface area contributed by atoms with E-state index in [1.165, 1.54) is 0 Å². The van der Waals surface area contributed by atoms with Crippen molar-refractivity contribution in [3.05, 3.63) is 33.3 Å². The minimum Gasteiger partial charge on any atom is -0.309 e. The lowest BCUT2D eigenvalue weighted by molar-refractivity contribution is 0.542. The summed E-state index contributed by atoms with van der Waals surface area (Å²) < 4.78 is 1.05. The van der Waals surface area contributed by atoms with Crippen LogP contribution in [0.2, 0.25) is 5.02 Å². The molecule has 0 saturated heterocycles. The molecule has 1 nitrogen and oxygen atoms in total. The summed E-state index contributed by atoms with van der Waals surface area (Å²) in [6.45, 7) is 4.98. The van der Waals surface area contributed by atoms with Crippen LogP contribution < -0.4 is 5.32 Å². The molecule has 1 aromatic carbocycles. The summed E-state index contributed by atoms with van der Waals surface area (Å²) in [5.41, 5.74) is 1.11. The van der Waals surface area contributed by atoms with Gasteiger partial charge in [-0.05, 0) is 43.7 Å². The fourth-order valence-electron chi connectivity index (χ4n) is 1.60. The molecule has 0 bridgehead atoms. The number of halogens is 2. The van der Waals surface area contributed by atoms with Gasteiger partial charge >= 0.3 is 0 Å². The topological polar surface area (TPSA) is 12.0 Å². The molecular formula is C14H17BrClN. The Balaban J connectivity index is 2.92. The highest BCUT2D eigenvalue weighted by atomic mass is 79.9. The van der Waals surface area contributed by atoms with Gasteiger partial charge in [0.25, 0.3) is 0 Å². The van der Waals surface area contributed by atoms with Crippen LogP contribution in [0.3, 0.4) is 0 Å². The van der Waals surface area contributed by atoms with E-state index < -0.39 is 0 Å². The molecule has 0 heterocycles. The second-order valence-corrected chi connectivity index (χ2v) is 5.13. The predicted octanol–water partition coefficient (Wildman–Crippen LogP) is 4.56. The summed E-state index contributed by atoms with van der Waals surface area (Å²) in [5, 5.41) is 4.27. The largest absolute Gasteiger partial charge is 0.309 e. The summed E-state index contributed by atoms with van der Waals surface area (Å²) >= 11 is 9.72. The zero-order valence-corrected chi connectivity index (χ0v) is 12.5. The molecular weight excluding hydrogens is 298 g/mol.